The van der Waals surface area contributed by atoms with Crippen molar-refractivity contribution < 1.29 is 18.3 Å². The topological polar surface area (TPSA) is 90.6 Å². The number of carbonyl (C=O) groups excluding carboxylic acids is 1. The number of ether oxygens (including phenoxy) is 1. The lowest BCUT2D eigenvalue weighted by atomic mass is 10.1. The van der Waals surface area contributed by atoms with E-state index in [0.717, 1.165) is 0 Å². The second-order valence-electron chi connectivity index (χ2n) is 8.17. The van der Waals surface area contributed by atoms with E-state index in [1.165, 1.54) is 13.1 Å². The van der Waals surface area contributed by atoms with Crippen LogP contribution in [0.1, 0.15) is 21.6 Å². The Morgan fingerprint density at radius 3 is 2.70 bits per heavy atom. The Morgan fingerprint density at radius 2 is 1.97 bits per heavy atom. The molecule has 4 heterocycles. The van der Waals surface area contributed by atoms with Gasteiger partial charge in [0.05, 0.1) is 23.4 Å². The Bertz CT molecular complexity index is 1300. The number of carbonyl (C=O) groups is 1. The van der Waals surface area contributed by atoms with E-state index in [2.05, 4.69) is 20.2 Å². The molecule has 0 bridgehead atoms. The van der Waals surface area contributed by atoms with Crippen molar-refractivity contribution in [2.24, 2.45) is 0 Å². The number of aromatic amines is 1. The number of halogens is 2. The number of H-pyrrole nitrogens is 1. The molecule has 1 amide bonds. The molecule has 0 saturated carbocycles. The number of hydrogen-bond acceptors (Lipinski definition) is 6. The number of piperazine rings is 1. The summed E-state index contributed by atoms with van der Waals surface area (Å²) in [5, 5.41) is 3.00. The van der Waals surface area contributed by atoms with Crippen LogP contribution in [0.3, 0.4) is 0 Å². The van der Waals surface area contributed by atoms with Crippen molar-refractivity contribution in [2.75, 3.05) is 44.7 Å². The number of nitrogens with one attached hydrogen (secondary N) is 2. The number of fused-ring (bicyclic) bond motifs is 3. The summed E-state index contributed by atoms with van der Waals surface area (Å²) in [6.07, 6.45) is 0.527. The molecule has 8 nitrogen and oxygen atoms in total. The minimum absolute atomic E-state index is 0.0262. The lowest BCUT2D eigenvalue weighted by molar-refractivity contribution is 0.0957. The van der Waals surface area contributed by atoms with Crippen molar-refractivity contribution in [3.05, 3.63) is 63.2 Å². The van der Waals surface area contributed by atoms with Gasteiger partial charge in [0.1, 0.15) is 11.4 Å². The summed E-state index contributed by atoms with van der Waals surface area (Å²) in [6, 6.07) is 6.57. The molecule has 0 spiro atoms. The fourth-order valence-corrected chi connectivity index (χ4v) is 4.46. The highest BCUT2D eigenvalue weighted by Gasteiger charge is 2.25. The molecule has 1 saturated heterocycles. The summed E-state index contributed by atoms with van der Waals surface area (Å²) < 4.78 is 35.3. The van der Waals surface area contributed by atoms with Crippen LogP contribution in [-0.2, 0) is 13.0 Å². The number of hydrogen-bond donors (Lipinski definition) is 2. The number of benzene rings is 1. The fraction of sp³-hybridized carbons (Fsp3) is 0.348. The lowest BCUT2D eigenvalue weighted by Gasteiger charge is -2.36. The maximum atomic E-state index is 15.2. The number of pyridine rings is 2. The second kappa shape index (κ2) is 8.43. The third-order valence-electron chi connectivity index (χ3n) is 6.25. The van der Waals surface area contributed by atoms with Gasteiger partial charge in [-0.15, -0.1) is 0 Å². The van der Waals surface area contributed by atoms with Gasteiger partial charge in [0.25, 0.3) is 11.5 Å². The molecular formula is C23H23F2N5O3. The quantitative estimate of drug-likeness (QED) is 0.584. The largest absolute Gasteiger partial charge is 0.492 e. The van der Waals surface area contributed by atoms with Gasteiger partial charge in [0.2, 0.25) is 5.95 Å². The maximum absolute atomic E-state index is 15.2. The Balaban J connectivity index is 1.30. The van der Waals surface area contributed by atoms with Crippen LogP contribution >= 0.6 is 0 Å². The smallest absolute Gasteiger partial charge is 0.269 e. The number of amides is 1. The third-order valence-corrected chi connectivity index (χ3v) is 6.25. The predicted octanol–water partition coefficient (Wildman–Crippen LogP) is 1.82. The van der Waals surface area contributed by atoms with Crippen LogP contribution in [0.2, 0.25) is 0 Å². The lowest BCUT2D eigenvalue weighted by Crippen LogP contribution is -2.46. The van der Waals surface area contributed by atoms with Gasteiger partial charge in [-0.3, -0.25) is 14.5 Å². The summed E-state index contributed by atoms with van der Waals surface area (Å²) in [6.45, 7) is 3.05. The molecule has 0 radical (unpaired) electrons. The molecule has 1 aromatic carbocycles. The highest BCUT2D eigenvalue weighted by Crippen LogP contribution is 2.33. The molecule has 2 N–H and O–H groups in total. The van der Waals surface area contributed by atoms with Crippen LogP contribution < -0.4 is 20.5 Å². The van der Waals surface area contributed by atoms with Gasteiger partial charge < -0.3 is 19.9 Å². The van der Waals surface area contributed by atoms with Crippen molar-refractivity contribution in [3.8, 4) is 5.75 Å². The van der Waals surface area contributed by atoms with Gasteiger partial charge in [-0.2, -0.15) is 4.39 Å². The van der Waals surface area contributed by atoms with E-state index in [0.29, 0.717) is 73.7 Å². The highest BCUT2D eigenvalue weighted by molar-refractivity contribution is 5.92. The van der Waals surface area contributed by atoms with Crippen LogP contribution in [-0.4, -0.2) is 60.6 Å². The summed E-state index contributed by atoms with van der Waals surface area (Å²) in [5.41, 5.74) is 1.27. The Labute approximate surface area is 188 Å². The standard InChI is InChI=1S/C23H23F2N5O3/c1-26-23(32)16-4-5-17(21(25)27-16)30-9-7-29(8-10-30)12-13-2-3-14-19(18(13)24)28-22(31)15-6-11-33-20(14)15/h2-5H,6-12H2,1H3,(H,26,32)(H,28,31). The third kappa shape index (κ3) is 3.80. The molecule has 5 rings (SSSR count). The second-order valence-corrected chi connectivity index (χ2v) is 8.17. The average Bonchev–Trinajstić information content (AvgIpc) is 3.32. The Hall–Kier alpha value is -3.53. The van der Waals surface area contributed by atoms with Gasteiger partial charge >= 0.3 is 0 Å². The van der Waals surface area contributed by atoms with Gasteiger partial charge in [0.15, 0.2) is 5.82 Å². The summed E-state index contributed by atoms with van der Waals surface area (Å²) in [7, 11) is 1.46. The zero-order valence-corrected chi connectivity index (χ0v) is 18.1. The molecular weight excluding hydrogens is 432 g/mol. The highest BCUT2D eigenvalue weighted by atomic mass is 19.1. The van der Waals surface area contributed by atoms with Crippen molar-refractivity contribution in [2.45, 2.75) is 13.0 Å². The normalized spacial score (nSPS) is 16.0. The van der Waals surface area contributed by atoms with E-state index in [1.54, 1.807) is 18.2 Å². The predicted molar refractivity (Wildman–Crippen MR) is 119 cm³/mol. The van der Waals surface area contributed by atoms with E-state index in [-0.39, 0.29) is 16.8 Å². The van der Waals surface area contributed by atoms with Gasteiger partial charge in [-0.1, -0.05) is 6.07 Å². The molecule has 10 heteroatoms. The SMILES string of the molecule is CNC(=O)c1ccc(N2CCN(Cc3ccc4c5c(c(=O)[nH]c4c3F)CCO5)CC2)c(F)n1. The van der Waals surface area contributed by atoms with Crippen molar-refractivity contribution in [1.82, 2.24) is 20.2 Å². The van der Waals surface area contributed by atoms with Crippen molar-refractivity contribution >= 4 is 22.5 Å². The van der Waals surface area contributed by atoms with Crippen molar-refractivity contribution in [3.63, 3.8) is 0 Å². The van der Waals surface area contributed by atoms with Crippen LogP contribution in [0.15, 0.2) is 29.1 Å². The first-order valence-corrected chi connectivity index (χ1v) is 10.8. The minimum atomic E-state index is -0.691. The van der Waals surface area contributed by atoms with Crippen LogP contribution in [0, 0.1) is 11.8 Å². The Kier molecular flexibility index (Phi) is 5.45. The molecule has 1 fully saturated rings. The van der Waals surface area contributed by atoms with E-state index in [9.17, 15) is 14.0 Å². The molecule has 172 valence electrons. The first kappa shape index (κ1) is 21.3. The van der Waals surface area contributed by atoms with Gasteiger partial charge in [-0.05, 0) is 18.2 Å². The Morgan fingerprint density at radius 1 is 1.18 bits per heavy atom. The summed E-state index contributed by atoms with van der Waals surface area (Å²) >= 11 is 0. The van der Waals surface area contributed by atoms with E-state index in [4.69, 9.17) is 4.74 Å². The molecule has 0 aliphatic carbocycles. The summed E-state index contributed by atoms with van der Waals surface area (Å²) in [5.74, 6) is -1.11. The van der Waals surface area contributed by atoms with Gasteiger partial charge in [0, 0.05) is 57.1 Å². The molecule has 2 aromatic heterocycles. The first-order chi connectivity index (χ1) is 16.0. The fourth-order valence-electron chi connectivity index (χ4n) is 4.46. The van der Waals surface area contributed by atoms with E-state index < -0.39 is 17.7 Å². The zero-order chi connectivity index (χ0) is 23.1. The molecule has 3 aromatic rings. The molecule has 33 heavy (non-hydrogen) atoms. The minimum Gasteiger partial charge on any atom is -0.492 e. The van der Waals surface area contributed by atoms with E-state index in [1.807, 2.05) is 4.90 Å². The van der Waals surface area contributed by atoms with Gasteiger partial charge in [-0.25, -0.2) is 9.37 Å². The van der Waals surface area contributed by atoms with Crippen LogP contribution in [0.4, 0.5) is 14.5 Å². The molecule has 2 aliphatic heterocycles. The number of rotatable bonds is 4. The number of anilines is 1. The summed E-state index contributed by atoms with van der Waals surface area (Å²) in [4.78, 5) is 34.3. The number of aromatic nitrogens is 2. The average molecular weight is 455 g/mol. The first-order valence-electron chi connectivity index (χ1n) is 10.8. The monoisotopic (exact) mass is 455 g/mol. The molecule has 0 atom stereocenters. The van der Waals surface area contributed by atoms with Crippen molar-refractivity contribution in [1.29, 1.82) is 0 Å². The molecule has 2 aliphatic rings. The number of nitrogens with zero attached hydrogens (tertiary/aromatic N) is 3. The van der Waals surface area contributed by atoms with Crippen LogP contribution in [0.5, 0.6) is 5.75 Å². The van der Waals surface area contributed by atoms with E-state index >= 15 is 4.39 Å². The zero-order valence-electron chi connectivity index (χ0n) is 18.1. The van der Waals surface area contributed by atoms with Crippen LogP contribution in [0.25, 0.3) is 10.9 Å². The maximum Gasteiger partial charge on any atom is 0.269 e. The molecule has 0 unspecified atom stereocenters.